The Morgan fingerprint density at radius 2 is 0.958 bits per heavy atom. The van der Waals surface area contributed by atoms with Crippen LogP contribution in [0, 0.1) is 0 Å². The summed E-state index contributed by atoms with van der Waals surface area (Å²) in [5, 5.41) is 2.39. The number of ether oxygens (including phenoxy) is 1. The fourth-order valence-corrected chi connectivity index (χ4v) is 7.83. The van der Waals surface area contributed by atoms with Crippen LogP contribution in [0.15, 0.2) is 170 Å². The van der Waals surface area contributed by atoms with Crippen molar-refractivity contribution < 1.29 is 4.74 Å². The van der Waals surface area contributed by atoms with Crippen molar-refractivity contribution in [3.63, 3.8) is 0 Å². The summed E-state index contributed by atoms with van der Waals surface area (Å²) >= 11 is 0. The SMILES string of the molecule is c1ccc(-c2cc(-c3ccc4ccccc4c3)nc(-c3ccc4c(c3)C3(c5ccccc5O4)c4ccccc4-c4ccccc43)n2)cc1. The standard InChI is InChI=1S/C45H28N2O/c1-2-13-30(14-3-1)40-28-41(32-23-22-29-12-4-5-15-31(29)26-32)47-44(46-40)33-24-25-43-39(27-33)45(38-20-10-11-21-42(38)48-43)36-18-8-6-16-34(36)35-17-7-9-19-37(35)45/h1-28H. The van der Waals surface area contributed by atoms with Crippen molar-refractivity contribution in [3.05, 3.63) is 192 Å². The molecule has 3 nitrogen and oxygen atoms in total. The van der Waals surface area contributed by atoms with Gasteiger partial charge < -0.3 is 4.74 Å². The van der Waals surface area contributed by atoms with Crippen LogP contribution in [0.5, 0.6) is 11.5 Å². The monoisotopic (exact) mass is 612 g/mol. The summed E-state index contributed by atoms with van der Waals surface area (Å²) in [7, 11) is 0. The second-order valence-corrected chi connectivity index (χ2v) is 12.5. The molecular weight excluding hydrogens is 585 g/mol. The Bertz CT molecular complexity index is 2510. The van der Waals surface area contributed by atoms with Crippen molar-refractivity contribution in [1.82, 2.24) is 9.97 Å². The number of rotatable bonds is 3. The van der Waals surface area contributed by atoms with Gasteiger partial charge in [0.15, 0.2) is 5.82 Å². The van der Waals surface area contributed by atoms with E-state index >= 15 is 0 Å². The summed E-state index contributed by atoms with van der Waals surface area (Å²) in [4.78, 5) is 10.5. The van der Waals surface area contributed by atoms with Crippen LogP contribution in [0.4, 0.5) is 0 Å². The van der Waals surface area contributed by atoms with E-state index in [0.717, 1.165) is 50.7 Å². The summed E-state index contributed by atoms with van der Waals surface area (Å²) in [6.45, 7) is 0. The van der Waals surface area contributed by atoms with Gasteiger partial charge in [-0.1, -0.05) is 133 Å². The van der Waals surface area contributed by atoms with Gasteiger partial charge in [0.05, 0.1) is 16.8 Å². The number of nitrogens with zero attached hydrogens (tertiary/aromatic N) is 2. The van der Waals surface area contributed by atoms with E-state index in [4.69, 9.17) is 14.7 Å². The molecule has 7 aromatic carbocycles. The molecule has 8 aromatic rings. The second kappa shape index (κ2) is 10.3. The number of benzene rings is 7. The fourth-order valence-electron chi connectivity index (χ4n) is 7.83. The maximum Gasteiger partial charge on any atom is 0.160 e. The van der Waals surface area contributed by atoms with Gasteiger partial charge in [0.1, 0.15) is 11.5 Å². The summed E-state index contributed by atoms with van der Waals surface area (Å²) in [6.07, 6.45) is 0. The molecule has 2 aliphatic rings. The van der Waals surface area contributed by atoms with Crippen molar-refractivity contribution in [3.8, 4) is 56.5 Å². The van der Waals surface area contributed by atoms with Crippen molar-refractivity contribution in [1.29, 1.82) is 0 Å². The molecule has 48 heavy (non-hydrogen) atoms. The minimum atomic E-state index is -0.550. The maximum atomic E-state index is 6.67. The molecule has 0 N–H and O–H groups in total. The zero-order valence-electron chi connectivity index (χ0n) is 26.0. The second-order valence-electron chi connectivity index (χ2n) is 12.5. The molecule has 1 spiro atoms. The normalized spacial score (nSPS) is 13.3. The lowest BCUT2D eigenvalue weighted by Crippen LogP contribution is -2.32. The van der Waals surface area contributed by atoms with Crippen molar-refractivity contribution >= 4 is 10.8 Å². The average molecular weight is 613 g/mol. The quantitative estimate of drug-likeness (QED) is 0.199. The summed E-state index contributed by atoms with van der Waals surface area (Å²) < 4.78 is 6.67. The topological polar surface area (TPSA) is 35.0 Å². The van der Waals surface area contributed by atoms with Gasteiger partial charge in [-0.15, -0.1) is 0 Å². The Balaban J connectivity index is 1.23. The number of para-hydroxylation sites is 1. The summed E-state index contributed by atoms with van der Waals surface area (Å²) in [5.41, 5.74) is 11.5. The number of aromatic nitrogens is 2. The molecule has 0 radical (unpaired) electrons. The largest absolute Gasteiger partial charge is 0.457 e. The lowest BCUT2D eigenvalue weighted by Gasteiger charge is -2.39. The van der Waals surface area contributed by atoms with E-state index in [9.17, 15) is 0 Å². The minimum absolute atomic E-state index is 0.550. The van der Waals surface area contributed by atoms with Crippen LogP contribution in [0.3, 0.4) is 0 Å². The predicted molar refractivity (Wildman–Crippen MR) is 193 cm³/mol. The molecule has 3 heteroatoms. The molecular formula is C45H28N2O. The van der Waals surface area contributed by atoms with Gasteiger partial charge in [0, 0.05) is 27.8 Å². The highest BCUT2D eigenvalue weighted by atomic mass is 16.5. The summed E-state index contributed by atoms with van der Waals surface area (Å²) in [5.74, 6) is 2.40. The van der Waals surface area contributed by atoms with Gasteiger partial charge in [-0.2, -0.15) is 0 Å². The molecule has 0 amide bonds. The summed E-state index contributed by atoms with van der Waals surface area (Å²) in [6, 6.07) is 60.0. The Labute approximate surface area is 278 Å². The van der Waals surface area contributed by atoms with Crippen LogP contribution in [0.25, 0.3) is 55.8 Å². The molecule has 1 aliphatic carbocycles. The van der Waals surface area contributed by atoms with E-state index in [-0.39, 0.29) is 0 Å². The molecule has 1 aliphatic heterocycles. The number of fused-ring (bicyclic) bond motifs is 10. The first-order chi connectivity index (χ1) is 23.8. The van der Waals surface area contributed by atoms with E-state index in [1.54, 1.807) is 0 Å². The molecule has 0 saturated carbocycles. The third-order valence-electron chi connectivity index (χ3n) is 9.95. The first kappa shape index (κ1) is 26.9. The maximum absolute atomic E-state index is 6.67. The van der Waals surface area contributed by atoms with Gasteiger partial charge in [0.2, 0.25) is 0 Å². The molecule has 0 saturated heterocycles. The molecule has 2 heterocycles. The Morgan fingerprint density at radius 3 is 1.73 bits per heavy atom. The molecule has 0 unspecified atom stereocenters. The van der Waals surface area contributed by atoms with Gasteiger partial charge >= 0.3 is 0 Å². The van der Waals surface area contributed by atoms with E-state index in [0.29, 0.717) is 5.82 Å². The highest BCUT2D eigenvalue weighted by Gasteiger charge is 2.51. The van der Waals surface area contributed by atoms with Gasteiger partial charge in [-0.3, -0.25) is 0 Å². The Hall–Kier alpha value is -6.32. The zero-order valence-corrected chi connectivity index (χ0v) is 26.0. The first-order valence-corrected chi connectivity index (χ1v) is 16.3. The van der Waals surface area contributed by atoms with Gasteiger partial charge in [0.25, 0.3) is 0 Å². The zero-order chi connectivity index (χ0) is 31.7. The Kier molecular flexibility index (Phi) is 5.79. The molecule has 224 valence electrons. The van der Waals surface area contributed by atoms with Gasteiger partial charge in [-0.25, -0.2) is 9.97 Å². The molecule has 0 atom stereocenters. The highest BCUT2D eigenvalue weighted by molar-refractivity contribution is 5.90. The molecule has 0 fully saturated rings. The van der Waals surface area contributed by atoms with Crippen LogP contribution in [0.1, 0.15) is 22.3 Å². The smallest absolute Gasteiger partial charge is 0.160 e. The van der Waals surface area contributed by atoms with Crippen LogP contribution in [-0.2, 0) is 5.41 Å². The van der Waals surface area contributed by atoms with Crippen LogP contribution < -0.4 is 4.74 Å². The van der Waals surface area contributed by atoms with Crippen molar-refractivity contribution in [2.24, 2.45) is 0 Å². The van der Waals surface area contributed by atoms with Crippen molar-refractivity contribution in [2.45, 2.75) is 5.41 Å². The minimum Gasteiger partial charge on any atom is -0.457 e. The Morgan fingerprint density at radius 1 is 0.375 bits per heavy atom. The highest BCUT2D eigenvalue weighted by Crippen LogP contribution is 2.62. The lowest BCUT2D eigenvalue weighted by molar-refractivity contribution is 0.436. The van der Waals surface area contributed by atoms with E-state index in [1.807, 2.05) is 6.07 Å². The number of hydrogen-bond donors (Lipinski definition) is 0. The van der Waals surface area contributed by atoms with Gasteiger partial charge in [-0.05, 0) is 69.4 Å². The van der Waals surface area contributed by atoms with E-state index < -0.39 is 5.41 Å². The average Bonchev–Trinajstić information content (AvgIpc) is 3.45. The van der Waals surface area contributed by atoms with Crippen LogP contribution in [-0.4, -0.2) is 9.97 Å². The van der Waals surface area contributed by atoms with E-state index in [1.165, 1.54) is 33.0 Å². The molecule has 0 bridgehead atoms. The van der Waals surface area contributed by atoms with E-state index in [2.05, 4.69) is 164 Å². The third kappa shape index (κ3) is 3.88. The first-order valence-electron chi connectivity index (χ1n) is 16.3. The van der Waals surface area contributed by atoms with Crippen LogP contribution in [0.2, 0.25) is 0 Å². The lowest BCUT2D eigenvalue weighted by atomic mass is 9.66. The predicted octanol–water partition coefficient (Wildman–Crippen LogP) is 11.1. The number of hydrogen-bond acceptors (Lipinski definition) is 3. The molecule has 10 rings (SSSR count). The fraction of sp³-hybridized carbons (Fsp3) is 0.0222. The third-order valence-corrected chi connectivity index (χ3v) is 9.95. The molecule has 1 aromatic heterocycles. The van der Waals surface area contributed by atoms with Crippen LogP contribution >= 0.6 is 0 Å². The van der Waals surface area contributed by atoms with Crippen molar-refractivity contribution in [2.75, 3.05) is 0 Å².